The summed E-state index contributed by atoms with van der Waals surface area (Å²) in [7, 11) is 0. The monoisotopic (exact) mass is 138 g/mol. The number of hydrogen-bond donors (Lipinski definition) is 2. The van der Waals surface area contributed by atoms with Gasteiger partial charge in [0.05, 0.1) is 11.9 Å². The SMILES string of the molecule is Nc1cc(C=O)ncc1O. The molecule has 0 amide bonds. The van der Waals surface area contributed by atoms with Crippen molar-refractivity contribution in [3.63, 3.8) is 0 Å². The van der Waals surface area contributed by atoms with E-state index in [1.54, 1.807) is 0 Å². The van der Waals surface area contributed by atoms with Gasteiger partial charge in [0.25, 0.3) is 0 Å². The van der Waals surface area contributed by atoms with Gasteiger partial charge in [0.2, 0.25) is 0 Å². The van der Waals surface area contributed by atoms with Gasteiger partial charge in [0.1, 0.15) is 5.69 Å². The van der Waals surface area contributed by atoms with Gasteiger partial charge in [-0.2, -0.15) is 0 Å². The molecule has 0 fully saturated rings. The summed E-state index contributed by atoms with van der Waals surface area (Å²) in [6.45, 7) is 0. The predicted octanol–water partition coefficient (Wildman–Crippen LogP) is 0.182. The summed E-state index contributed by atoms with van der Waals surface area (Å²) in [5.74, 6) is -0.106. The van der Waals surface area contributed by atoms with Gasteiger partial charge in [-0.3, -0.25) is 4.79 Å². The maximum atomic E-state index is 10.1. The molecule has 4 nitrogen and oxygen atoms in total. The summed E-state index contributed by atoms with van der Waals surface area (Å²) in [4.78, 5) is 13.6. The summed E-state index contributed by atoms with van der Waals surface area (Å²) in [5, 5.41) is 8.84. The lowest BCUT2D eigenvalue weighted by Crippen LogP contribution is -1.91. The Hall–Kier alpha value is -1.58. The second kappa shape index (κ2) is 2.34. The molecule has 0 atom stereocenters. The van der Waals surface area contributed by atoms with Crippen LogP contribution in [0.2, 0.25) is 0 Å². The van der Waals surface area contributed by atoms with E-state index in [1.807, 2.05) is 0 Å². The molecule has 0 aliphatic carbocycles. The first-order valence-electron chi connectivity index (χ1n) is 2.63. The van der Waals surface area contributed by atoms with Gasteiger partial charge in [-0.05, 0) is 6.07 Å². The fourth-order valence-corrected chi connectivity index (χ4v) is 0.545. The van der Waals surface area contributed by atoms with Crippen molar-refractivity contribution in [2.45, 2.75) is 0 Å². The van der Waals surface area contributed by atoms with Crippen LogP contribution in [0.25, 0.3) is 0 Å². The highest BCUT2D eigenvalue weighted by atomic mass is 16.3. The summed E-state index contributed by atoms with van der Waals surface area (Å²) >= 11 is 0. The summed E-state index contributed by atoms with van der Waals surface area (Å²) in [5.41, 5.74) is 5.63. The molecule has 0 saturated carbocycles. The van der Waals surface area contributed by atoms with E-state index in [9.17, 15) is 4.79 Å². The molecule has 3 N–H and O–H groups in total. The van der Waals surface area contributed by atoms with E-state index < -0.39 is 0 Å². The predicted molar refractivity (Wildman–Crippen MR) is 35.7 cm³/mol. The molecule has 0 aliphatic heterocycles. The highest BCUT2D eigenvalue weighted by Crippen LogP contribution is 2.16. The minimum absolute atomic E-state index is 0.106. The molecule has 0 saturated heterocycles. The summed E-state index contributed by atoms with van der Waals surface area (Å²) in [6, 6.07) is 1.31. The van der Waals surface area contributed by atoms with Crippen molar-refractivity contribution < 1.29 is 9.90 Å². The third-order valence-electron chi connectivity index (χ3n) is 1.06. The fraction of sp³-hybridized carbons (Fsp3) is 0. The average molecular weight is 138 g/mol. The van der Waals surface area contributed by atoms with Crippen LogP contribution in [-0.2, 0) is 0 Å². The Balaban J connectivity index is 3.16. The largest absolute Gasteiger partial charge is 0.504 e. The second-order valence-corrected chi connectivity index (χ2v) is 1.79. The molecule has 0 unspecified atom stereocenters. The topological polar surface area (TPSA) is 76.2 Å². The van der Waals surface area contributed by atoms with Gasteiger partial charge < -0.3 is 10.8 Å². The number of nitrogens with two attached hydrogens (primary N) is 1. The number of nitrogen functional groups attached to an aromatic ring is 1. The van der Waals surface area contributed by atoms with Crippen LogP contribution in [0, 0.1) is 0 Å². The lowest BCUT2D eigenvalue weighted by Gasteiger charge is -1.95. The quantitative estimate of drug-likeness (QED) is 0.543. The maximum absolute atomic E-state index is 10.1. The standard InChI is InChI=1S/C6H6N2O2/c7-5-1-4(3-9)8-2-6(5)10/h1-3,10H,(H2,7,8). The Morgan fingerprint density at radius 3 is 2.90 bits per heavy atom. The zero-order chi connectivity index (χ0) is 7.56. The van der Waals surface area contributed by atoms with Crippen molar-refractivity contribution in [1.82, 2.24) is 4.98 Å². The molecule has 1 aromatic heterocycles. The van der Waals surface area contributed by atoms with Crippen LogP contribution in [-0.4, -0.2) is 16.4 Å². The zero-order valence-electron chi connectivity index (χ0n) is 5.11. The van der Waals surface area contributed by atoms with Crippen molar-refractivity contribution in [3.05, 3.63) is 18.0 Å². The molecule has 0 radical (unpaired) electrons. The minimum Gasteiger partial charge on any atom is -0.504 e. The Labute approximate surface area is 57.3 Å². The van der Waals surface area contributed by atoms with Gasteiger partial charge >= 0.3 is 0 Å². The number of carbonyl (C=O) groups excluding carboxylic acids is 1. The average Bonchev–Trinajstić information content (AvgIpc) is 1.95. The number of hydrogen-bond acceptors (Lipinski definition) is 4. The molecule has 0 bridgehead atoms. The molecule has 0 spiro atoms. The van der Waals surface area contributed by atoms with E-state index in [0.717, 1.165) is 6.20 Å². The highest BCUT2D eigenvalue weighted by molar-refractivity contribution is 5.74. The first-order chi connectivity index (χ1) is 4.74. The Bertz CT molecular complexity index is 260. The van der Waals surface area contributed by atoms with Crippen LogP contribution < -0.4 is 5.73 Å². The first-order valence-corrected chi connectivity index (χ1v) is 2.63. The Kier molecular flexibility index (Phi) is 1.53. The normalized spacial score (nSPS) is 9.20. The van der Waals surface area contributed by atoms with Crippen molar-refractivity contribution in [2.24, 2.45) is 0 Å². The van der Waals surface area contributed by atoms with Crippen LogP contribution in [0.5, 0.6) is 5.75 Å². The van der Waals surface area contributed by atoms with Crippen molar-refractivity contribution in [1.29, 1.82) is 0 Å². The molecule has 1 aromatic rings. The van der Waals surface area contributed by atoms with Crippen molar-refractivity contribution >= 4 is 12.0 Å². The second-order valence-electron chi connectivity index (χ2n) is 1.79. The molecule has 10 heavy (non-hydrogen) atoms. The lowest BCUT2D eigenvalue weighted by atomic mass is 10.3. The number of rotatable bonds is 1. The molecule has 4 heteroatoms. The number of aromatic hydroxyl groups is 1. The highest BCUT2D eigenvalue weighted by Gasteiger charge is 1.97. The van der Waals surface area contributed by atoms with E-state index in [0.29, 0.717) is 6.29 Å². The number of anilines is 1. The number of nitrogens with zero attached hydrogens (tertiary/aromatic N) is 1. The van der Waals surface area contributed by atoms with E-state index in [2.05, 4.69) is 4.98 Å². The Morgan fingerprint density at radius 2 is 2.40 bits per heavy atom. The number of pyridine rings is 1. The molecular formula is C6H6N2O2. The van der Waals surface area contributed by atoms with Gasteiger partial charge in [-0.1, -0.05) is 0 Å². The summed E-state index contributed by atoms with van der Waals surface area (Å²) in [6.07, 6.45) is 1.70. The smallest absolute Gasteiger partial charge is 0.168 e. The number of aromatic nitrogens is 1. The molecule has 1 heterocycles. The van der Waals surface area contributed by atoms with Crippen LogP contribution in [0.3, 0.4) is 0 Å². The number of aldehydes is 1. The molecule has 52 valence electrons. The maximum Gasteiger partial charge on any atom is 0.168 e. The van der Waals surface area contributed by atoms with Crippen LogP contribution >= 0.6 is 0 Å². The van der Waals surface area contributed by atoms with Crippen LogP contribution in [0.1, 0.15) is 10.5 Å². The van der Waals surface area contributed by atoms with Crippen molar-refractivity contribution in [2.75, 3.05) is 5.73 Å². The van der Waals surface area contributed by atoms with Crippen LogP contribution in [0.4, 0.5) is 5.69 Å². The third kappa shape index (κ3) is 1.05. The number of carbonyl (C=O) groups is 1. The van der Waals surface area contributed by atoms with E-state index in [1.165, 1.54) is 6.07 Å². The molecular weight excluding hydrogens is 132 g/mol. The molecule has 0 aliphatic rings. The van der Waals surface area contributed by atoms with Gasteiger partial charge in [0.15, 0.2) is 12.0 Å². The lowest BCUT2D eigenvalue weighted by molar-refractivity contribution is 0.111. The van der Waals surface area contributed by atoms with Crippen LogP contribution in [0.15, 0.2) is 12.3 Å². The Morgan fingerprint density at radius 1 is 1.70 bits per heavy atom. The van der Waals surface area contributed by atoms with E-state index in [4.69, 9.17) is 10.8 Å². The van der Waals surface area contributed by atoms with E-state index in [-0.39, 0.29) is 17.1 Å². The molecule has 1 rings (SSSR count). The van der Waals surface area contributed by atoms with Gasteiger partial charge in [-0.15, -0.1) is 0 Å². The van der Waals surface area contributed by atoms with Gasteiger partial charge in [-0.25, -0.2) is 4.98 Å². The third-order valence-corrected chi connectivity index (χ3v) is 1.06. The van der Waals surface area contributed by atoms with Gasteiger partial charge in [0, 0.05) is 0 Å². The minimum atomic E-state index is -0.106. The summed E-state index contributed by atoms with van der Waals surface area (Å²) < 4.78 is 0. The molecule has 0 aromatic carbocycles. The zero-order valence-corrected chi connectivity index (χ0v) is 5.11. The van der Waals surface area contributed by atoms with E-state index >= 15 is 0 Å². The van der Waals surface area contributed by atoms with Crippen molar-refractivity contribution in [3.8, 4) is 5.75 Å². The first kappa shape index (κ1) is 6.54. The fourth-order valence-electron chi connectivity index (χ4n) is 0.545.